The first-order chi connectivity index (χ1) is 4.93. The third-order valence-corrected chi connectivity index (χ3v) is 1.46. The van der Waals surface area contributed by atoms with E-state index in [0.717, 1.165) is 13.0 Å². The molecule has 1 saturated heterocycles. The maximum Gasteiger partial charge on any atom is 0.0830 e. The molecule has 10 heavy (non-hydrogen) atoms. The van der Waals surface area contributed by atoms with E-state index < -0.39 is 0 Å². The average Bonchev–Trinajstić information content (AvgIpc) is 2.41. The van der Waals surface area contributed by atoms with E-state index in [0.29, 0.717) is 19.6 Å². The van der Waals surface area contributed by atoms with Gasteiger partial charge in [-0.25, -0.2) is 0 Å². The third kappa shape index (κ3) is 2.34. The highest BCUT2D eigenvalue weighted by atomic mass is 16.5. The molecule has 3 nitrogen and oxygen atoms in total. The first-order valence-corrected chi connectivity index (χ1v) is 3.50. The summed E-state index contributed by atoms with van der Waals surface area (Å²) in [4.78, 5) is 0. The first kappa shape index (κ1) is 7.52. The first-order valence-electron chi connectivity index (χ1n) is 3.50. The highest BCUT2D eigenvalue weighted by Crippen LogP contribution is 2.07. The van der Waals surface area contributed by atoms with Crippen molar-refractivity contribution in [1.82, 2.24) is 0 Å². The Bertz CT molecular complexity index is 124. The van der Waals surface area contributed by atoms with E-state index in [1.54, 1.807) is 0 Å². The Balaban J connectivity index is 1.97. The predicted molar refractivity (Wildman–Crippen MR) is 35.4 cm³/mol. The van der Waals surface area contributed by atoms with Crippen molar-refractivity contribution in [2.45, 2.75) is 18.9 Å². The molecule has 0 aromatic rings. The van der Waals surface area contributed by atoms with Gasteiger partial charge in [0.25, 0.3) is 0 Å². The van der Waals surface area contributed by atoms with Crippen LogP contribution in [-0.2, 0) is 9.47 Å². The van der Waals surface area contributed by atoms with Crippen LogP contribution in [0.2, 0.25) is 0 Å². The summed E-state index contributed by atoms with van der Waals surface area (Å²) in [6.45, 7) is 2.05. The summed E-state index contributed by atoms with van der Waals surface area (Å²) in [7, 11) is 0. The van der Waals surface area contributed by atoms with Crippen molar-refractivity contribution in [2.75, 3.05) is 19.8 Å². The fourth-order valence-electron chi connectivity index (χ4n) is 0.916. The molecule has 1 heterocycles. The van der Waals surface area contributed by atoms with Crippen molar-refractivity contribution >= 4 is 0 Å². The van der Waals surface area contributed by atoms with E-state index in [9.17, 15) is 0 Å². The fourth-order valence-corrected chi connectivity index (χ4v) is 0.916. The molecule has 56 valence electrons. The molecule has 0 amide bonds. The number of nitrogens with zero attached hydrogens (tertiary/aromatic N) is 1. The number of ether oxygens (including phenoxy) is 2. The summed E-state index contributed by atoms with van der Waals surface area (Å²) >= 11 is 0. The van der Waals surface area contributed by atoms with Crippen LogP contribution in [0.1, 0.15) is 12.8 Å². The molecule has 0 saturated carbocycles. The molecular formula is C7H11NO2. The van der Waals surface area contributed by atoms with Gasteiger partial charge in [-0.15, -0.1) is 0 Å². The average molecular weight is 141 g/mol. The van der Waals surface area contributed by atoms with Crippen LogP contribution in [0.15, 0.2) is 0 Å². The van der Waals surface area contributed by atoms with Gasteiger partial charge in [-0.05, 0) is 6.42 Å². The Morgan fingerprint density at radius 1 is 1.70 bits per heavy atom. The van der Waals surface area contributed by atoms with Gasteiger partial charge in [-0.1, -0.05) is 0 Å². The Kier molecular flexibility index (Phi) is 3.20. The SMILES string of the molecule is N#CCCOC1CCOC1. The van der Waals surface area contributed by atoms with Gasteiger partial charge < -0.3 is 9.47 Å². The zero-order valence-corrected chi connectivity index (χ0v) is 5.88. The monoisotopic (exact) mass is 141 g/mol. The summed E-state index contributed by atoms with van der Waals surface area (Å²) in [6, 6.07) is 2.03. The Labute approximate surface area is 60.5 Å². The molecule has 0 aromatic heterocycles. The number of hydrogen-bond donors (Lipinski definition) is 0. The van der Waals surface area contributed by atoms with E-state index in [1.807, 2.05) is 6.07 Å². The smallest absolute Gasteiger partial charge is 0.0830 e. The molecule has 3 heteroatoms. The van der Waals surface area contributed by atoms with Gasteiger partial charge in [0, 0.05) is 6.61 Å². The number of rotatable bonds is 3. The lowest BCUT2D eigenvalue weighted by Gasteiger charge is -2.06. The lowest BCUT2D eigenvalue weighted by atomic mass is 10.3. The molecule has 0 spiro atoms. The van der Waals surface area contributed by atoms with Crippen molar-refractivity contribution < 1.29 is 9.47 Å². The Morgan fingerprint density at radius 2 is 2.60 bits per heavy atom. The second-order valence-corrected chi connectivity index (χ2v) is 2.26. The van der Waals surface area contributed by atoms with Gasteiger partial charge in [-0.3, -0.25) is 0 Å². The third-order valence-electron chi connectivity index (χ3n) is 1.46. The van der Waals surface area contributed by atoms with E-state index in [2.05, 4.69) is 0 Å². The lowest BCUT2D eigenvalue weighted by Crippen LogP contribution is -2.12. The van der Waals surface area contributed by atoms with Gasteiger partial charge in [0.15, 0.2) is 0 Å². The molecule has 1 rings (SSSR count). The van der Waals surface area contributed by atoms with Crippen LogP contribution in [0, 0.1) is 11.3 Å². The van der Waals surface area contributed by atoms with Gasteiger partial charge in [0.1, 0.15) is 0 Å². The van der Waals surface area contributed by atoms with Crippen LogP contribution in [-0.4, -0.2) is 25.9 Å². The standard InChI is InChI=1S/C7H11NO2/c8-3-1-4-10-7-2-5-9-6-7/h7H,1-2,4-6H2. The zero-order chi connectivity index (χ0) is 7.23. The quantitative estimate of drug-likeness (QED) is 0.543. The molecule has 1 unspecified atom stereocenters. The molecule has 0 aliphatic carbocycles. The highest BCUT2D eigenvalue weighted by molar-refractivity contribution is 4.69. The second kappa shape index (κ2) is 4.26. The van der Waals surface area contributed by atoms with Gasteiger partial charge in [-0.2, -0.15) is 5.26 Å². The molecule has 1 fully saturated rings. The molecule has 1 atom stereocenters. The van der Waals surface area contributed by atoms with Crippen molar-refractivity contribution in [2.24, 2.45) is 0 Å². The van der Waals surface area contributed by atoms with Crippen LogP contribution in [0.25, 0.3) is 0 Å². The minimum Gasteiger partial charge on any atom is -0.379 e. The van der Waals surface area contributed by atoms with Crippen LogP contribution in [0.4, 0.5) is 0 Å². The largest absolute Gasteiger partial charge is 0.379 e. The maximum absolute atomic E-state index is 8.18. The molecule has 1 aliphatic rings. The number of nitriles is 1. The summed E-state index contributed by atoms with van der Waals surface area (Å²) < 4.78 is 10.4. The topological polar surface area (TPSA) is 42.2 Å². The van der Waals surface area contributed by atoms with Crippen LogP contribution in [0.5, 0.6) is 0 Å². The lowest BCUT2D eigenvalue weighted by molar-refractivity contribution is 0.0461. The number of hydrogen-bond acceptors (Lipinski definition) is 3. The van der Waals surface area contributed by atoms with Crippen LogP contribution in [0.3, 0.4) is 0 Å². The molecule has 0 radical (unpaired) electrons. The predicted octanol–water partition coefficient (Wildman–Crippen LogP) is 0.706. The Morgan fingerprint density at radius 3 is 3.20 bits per heavy atom. The normalized spacial score (nSPS) is 24.5. The molecule has 0 N–H and O–H groups in total. The summed E-state index contributed by atoms with van der Waals surface area (Å²) in [5.41, 5.74) is 0. The minimum atomic E-state index is 0.244. The molecule has 0 aromatic carbocycles. The van der Waals surface area contributed by atoms with E-state index in [1.165, 1.54) is 0 Å². The fraction of sp³-hybridized carbons (Fsp3) is 0.857. The van der Waals surface area contributed by atoms with E-state index in [4.69, 9.17) is 14.7 Å². The molecule has 0 bridgehead atoms. The van der Waals surface area contributed by atoms with Gasteiger partial charge in [0.2, 0.25) is 0 Å². The Hall–Kier alpha value is -0.590. The maximum atomic E-state index is 8.18. The van der Waals surface area contributed by atoms with Crippen LogP contribution < -0.4 is 0 Å². The summed E-state index contributed by atoms with van der Waals surface area (Å²) in [5, 5.41) is 8.18. The summed E-state index contributed by atoms with van der Waals surface area (Å²) in [5.74, 6) is 0. The zero-order valence-electron chi connectivity index (χ0n) is 5.88. The van der Waals surface area contributed by atoms with Crippen molar-refractivity contribution in [3.8, 4) is 6.07 Å². The highest BCUT2D eigenvalue weighted by Gasteiger charge is 2.14. The van der Waals surface area contributed by atoms with E-state index >= 15 is 0 Å². The second-order valence-electron chi connectivity index (χ2n) is 2.26. The van der Waals surface area contributed by atoms with Crippen LogP contribution >= 0.6 is 0 Å². The van der Waals surface area contributed by atoms with Gasteiger partial charge in [0.05, 0.1) is 31.8 Å². The van der Waals surface area contributed by atoms with Crippen molar-refractivity contribution in [1.29, 1.82) is 5.26 Å². The van der Waals surface area contributed by atoms with Crippen molar-refractivity contribution in [3.05, 3.63) is 0 Å². The van der Waals surface area contributed by atoms with E-state index in [-0.39, 0.29) is 6.10 Å². The molecule has 1 aliphatic heterocycles. The van der Waals surface area contributed by atoms with Crippen molar-refractivity contribution in [3.63, 3.8) is 0 Å². The van der Waals surface area contributed by atoms with Gasteiger partial charge >= 0.3 is 0 Å². The molecular weight excluding hydrogens is 130 g/mol. The minimum absolute atomic E-state index is 0.244. The summed E-state index contributed by atoms with van der Waals surface area (Å²) in [6.07, 6.45) is 1.70.